The molecule has 0 bridgehead atoms. The van der Waals surface area contributed by atoms with Gasteiger partial charge < -0.3 is 10.1 Å². The number of carbonyl (C=O) groups is 1. The fourth-order valence-electron chi connectivity index (χ4n) is 2.16. The average molecular weight is 283 g/mol. The summed E-state index contributed by atoms with van der Waals surface area (Å²) in [5.41, 5.74) is 3.31. The number of nitrogens with one attached hydrogen (secondary N) is 1. The van der Waals surface area contributed by atoms with Crippen LogP contribution in [0.4, 0.5) is 0 Å². The lowest BCUT2D eigenvalue weighted by Crippen LogP contribution is -2.28. The molecule has 1 N–H and O–H groups in total. The molecule has 0 saturated heterocycles. The number of ether oxygens (including phenoxy) is 1. The highest BCUT2D eigenvalue weighted by Crippen LogP contribution is 2.14. The molecule has 0 aromatic heterocycles. The second kappa shape index (κ2) is 6.93. The molecule has 0 radical (unpaired) electrons. The fraction of sp³-hybridized carbons (Fsp3) is 0.278. The number of aryl methyl sites for hydroxylation is 1. The van der Waals surface area contributed by atoms with Gasteiger partial charge in [0.05, 0.1) is 19.6 Å². The predicted molar refractivity (Wildman–Crippen MR) is 84.4 cm³/mol. The minimum atomic E-state index is 0.0105. The zero-order valence-corrected chi connectivity index (χ0v) is 12.7. The molecule has 110 valence electrons. The molecule has 0 aliphatic rings. The van der Waals surface area contributed by atoms with Crippen LogP contribution in [0.2, 0.25) is 0 Å². The largest absolute Gasteiger partial charge is 0.497 e. The highest BCUT2D eigenvalue weighted by molar-refractivity contribution is 5.79. The van der Waals surface area contributed by atoms with Crippen molar-refractivity contribution in [3.8, 4) is 5.75 Å². The van der Waals surface area contributed by atoms with Crippen molar-refractivity contribution in [2.24, 2.45) is 0 Å². The molecule has 3 heteroatoms. The van der Waals surface area contributed by atoms with Crippen molar-refractivity contribution in [1.29, 1.82) is 0 Å². The first kappa shape index (κ1) is 15.1. The van der Waals surface area contributed by atoms with Crippen LogP contribution in [0.25, 0.3) is 0 Å². The summed E-state index contributed by atoms with van der Waals surface area (Å²) in [6.45, 7) is 4.05. The minimum Gasteiger partial charge on any atom is -0.497 e. The fourth-order valence-corrected chi connectivity index (χ4v) is 2.16. The summed E-state index contributed by atoms with van der Waals surface area (Å²) < 4.78 is 5.11. The Morgan fingerprint density at radius 3 is 2.29 bits per heavy atom. The number of hydrogen-bond donors (Lipinski definition) is 1. The maximum absolute atomic E-state index is 12.1. The number of carbonyl (C=O) groups excluding carboxylic acids is 1. The Kier molecular flexibility index (Phi) is 4.99. The van der Waals surface area contributed by atoms with E-state index in [1.165, 1.54) is 5.56 Å². The van der Waals surface area contributed by atoms with Crippen molar-refractivity contribution in [3.63, 3.8) is 0 Å². The van der Waals surface area contributed by atoms with Gasteiger partial charge in [-0.15, -0.1) is 0 Å². The van der Waals surface area contributed by atoms with Gasteiger partial charge in [0.15, 0.2) is 0 Å². The maximum atomic E-state index is 12.1. The van der Waals surface area contributed by atoms with Crippen molar-refractivity contribution in [2.75, 3.05) is 7.11 Å². The predicted octanol–water partition coefficient (Wildman–Crippen LogP) is 3.42. The molecule has 21 heavy (non-hydrogen) atoms. The molecule has 2 rings (SSSR count). The molecular weight excluding hydrogens is 262 g/mol. The van der Waals surface area contributed by atoms with E-state index in [1.54, 1.807) is 7.11 Å². The van der Waals surface area contributed by atoms with Gasteiger partial charge in [-0.3, -0.25) is 4.79 Å². The van der Waals surface area contributed by atoms with E-state index in [9.17, 15) is 4.79 Å². The summed E-state index contributed by atoms with van der Waals surface area (Å²) in [6, 6.07) is 15.8. The summed E-state index contributed by atoms with van der Waals surface area (Å²) in [5, 5.41) is 3.02. The summed E-state index contributed by atoms with van der Waals surface area (Å²) in [4.78, 5) is 12.1. The Morgan fingerprint density at radius 2 is 1.71 bits per heavy atom. The van der Waals surface area contributed by atoms with Gasteiger partial charge in [0.25, 0.3) is 0 Å². The van der Waals surface area contributed by atoms with Gasteiger partial charge in [0.1, 0.15) is 5.75 Å². The molecule has 0 heterocycles. The third kappa shape index (κ3) is 4.35. The van der Waals surface area contributed by atoms with Crippen molar-refractivity contribution >= 4 is 5.91 Å². The first-order chi connectivity index (χ1) is 10.1. The molecule has 3 nitrogen and oxygen atoms in total. The smallest absolute Gasteiger partial charge is 0.224 e. The molecule has 0 unspecified atom stereocenters. The Bertz CT molecular complexity index is 588. The molecule has 0 fully saturated rings. The zero-order valence-electron chi connectivity index (χ0n) is 12.7. The van der Waals surface area contributed by atoms with E-state index in [2.05, 4.69) is 24.4 Å². The van der Waals surface area contributed by atoms with Crippen LogP contribution >= 0.6 is 0 Å². The van der Waals surface area contributed by atoms with Crippen LogP contribution in [0.15, 0.2) is 48.5 Å². The van der Waals surface area contributed by atoms with Gasteiger partial charge in [0.2, 0.25) is 5.91 Å². The van der Waals surface area contributed by atoms with E-state index >= 15 is 0 Å². The Balaban J connectivity index is 1.92. The van der Waals surface area contributed by atoms with Gasteiger partial charge in [-0.1, -0.05) is 42.0 Å². The standard InChI is InChI=1S/C18H21NO2/c1-13-4-8-16(9-5-13)14(2)19-18(20)12-15-6-10-17(21-3)11-7-15/h4-11,14H,12H2,1-3H3,(H,19,20)/t14-/m0/s1. The van der Waals surface area contributed by atoms with Crippen LogP contribution in [-0.4, -0.2) is 13.0 Å². The van der Waals surface area contributed by atoms with Crippen LogP contribution < -0.4 is 10.1 Å². The van der Waals surface area contributed by atoms with Crippen molar-refractivity contribution in [2.45, 2.75) is 26.3 Å². The second-order valence-corrected chi connectivity index (χ2v) is 5.22. The molecular formula is C18H21NO2. The van der Waals surface area contributed by atoms with E-state index in [4.69, 9.17) is 4.74 Å². The first-order valence-electron chi connectivity index (χ1n) is 7.07. The minimum absolute atomic E-state index is 0.0105. The van der Waals surface area contributed by atoms with Crippen LogP contribution in [0, 0.1) is 6.92 Å². The Morgan fingerprint density at radius 1 is 1.10 bits per heavy atom. The van der Waals surface area contributed by atoms with Gasteiger partial charge in [-0.2, -0.15) is 0 Å². The summed E-state index contributed by atoms with van der Waals surface area (Å²) >= 11 is 0. The third-order valence-corrected chi connectivity index (χ3v) is 3.48. The van der Waals surface area contributed by atoms with E-state index in [1.807, 2.05) is 43.3 Å². The molecule has 0 spiro atoms. The maximum Gasteiger partial charge on any atom is 0.224 e. The Hall–Kier alpha value is -2.29. The number of rotatable bonds is 5. The normalized spacial score (nSPS) is 11.8. The first-order valence-corrected chi connectivity index (χ1v) is 7.07. The van der Waals surface area contributed by atoms with Crippen LogP contribution in [0.1, 0.15) is 29.7 Å². The monoisotopic (exact) mass is 283 g/mol. The van der Waals surface area contributed by atoms with Crippen molar-refractivity contribution in [3.05, 3.63) is 65.2 Å². The zero-order chi connectivity index (χ0) is 15.2. The van der Waals surface area contributed by atoms with Crippen LogP contribution in [-0.2, 0) is 11.2 Å². The topological polar surface area (TPSA) is 38.3 Å². The number of benzene rings is 2. The Labute approximate surface area is 126 Å². The lowest BCUT2D eigenvalue weighted by molar-refractivity contribution is -0.121. The van der Waals surface area contributed by atoms with Crippen LogP contribution in [0.3, 0.4) is 0 Å². The third-order valence-electron chi connectivity index (χ3n) is 3.48. The SMILES string of the molecule is COc1ccc(CC(=O)N[C@@H](C)c2ccc(C)cc2)cc1. The second-order valence-electron chi connectivity index (χ2n) is 5.22. The quantitative estimate of drug-likeness (QED) is 0.913. The molecule has 2 aromatic carbocycles. The van der Waals surface area contributed by atoms with Gasteiger partial charge in [0, 0.05) is 0 Å². The molecule has 0 aliphatic heterocycles. The molecule has 0 saturated carbocycles. The van der Waals surface area contributed by atoms with E-state index in [-0.39, 0.29) is 11.9 Å². The molecule has 2 aromatic rings. The van der Waals surface area contributed by atoms with Gasteiger partial charge >= 0.3 is 0 Å². The lowest BCUT2D eigenvalue weighted by Gasteiger charge is -2.14. The van der Waals surface area contributed by atoms with E-state index < -0.39 is 0 Å². The van der Waals surface area contributed by atoms with E-state index in [0.29, 0.717) is 6.42 Å². The highest BCUT2D eigenvalue weighted by Gasteiger charge is 2.10. The van der Waals surface area contributed by atoms with E-state index in [0.717, 1.165) is 16.9 Å². The summed E-state index contributed by atoms with van der Waals surface area (Å²) in [5.74, 6) is 0.820. The van der Waals surface area contributed by atoms with Crippen LogP contribution in [0.5, 0.6) is 5.75 Å². The number of amides is 1. The van der Waals surface area contributed by atoms with Crippen molar-refractivity contribution in [1.82, 2.24) is 5.32 Å². The number of methoxy groups -OCH3 is 1. The number of hydrogen-bond acceptors (Lipinski definition) is 2. The van der Waals surface area contributed by atoms with Gasteiger partial charge in [-0.25, -0.2) is 0 Å². The molecule has 0 aliphatic carbocycles. The average Bonchev–Trinajstić information content (AvgIpc) is 2.48. The summed E-state index contributed by atoms with van der Waals surface area (Å²) in [6.07, 6.45) is 0.375. The van der Waals surface area contributed by atoms with Crippen molar-refractivity contribution < 1.29 is 9.53 Å². The molecule has 1 atom stereocenters. The molecule has 1 amide bonds. The van der Waals surface area contributed by atoms with Gasteiger partial charge in [-0.05, 0) is 37.1 Å². The summed E-state index contributed by atoms with van der Waals surface area (Å²) in [7, 11) is 1.63. The lowest BCUT2D eigenvalue weighted by atomic mass is 10.1. The highest BCUT2D eigenvalue weighted by atomic mass is 16.5.